The van der Waals surface area contributed by atoms with Gasteiger partial charge in [-0.3, -0.25) is 4.72 Å². The fourth-order valence-electron chi connectivity index (χ4n) is 1.11. The highest BCUT2D eigenvalue weighted by atomic mass is 32.2. The summed E-state index contributed by atoms with van der Waals surface area (Å²) in [7, 11) is -5.38. The van der Waals surface area contributed by atoms with Crippen molar-refractivity contribution in [3.63, 3.8) is 0 Å². The van der Waals surface area contributed by atoms with E-state index in [4.69, 9.17) is 0 Å². The van der Waals surface area contributed by atoms with Gasteiger partial charge in [0.25, 0.3) is 0 Å². The van der Waals surface area contributed by atoms with Crippen molar-refractivity contribution in [2.75, 3.05) is 18.0 Å². The number of sulfonamides is 2. The Hall–Kier alpha value is -1.38. The first-order valence-corrected chi connectivity index (χ1v) is 8.35. The van der Waals surface area contributed by atoms with E-state index in [1.54, 1.807) is 24.3 Å². The molecule has 0 radical (unpaired) electrons. The van der Waals surface area contributed by atoms with E-state index in [1.807, 2.05) is 0 Å². The lowest BCUT2D eigenvalue weighted by atomic mass is 10.2. The summed E-state index contributed by atoms with van der Waals surface area (Å²) >= 11 is 0. The first-order chi connectivity index (χ1) is 8.22. The van der Waals surface area contributed by atoms with Crippen LogP contribution in [0.5, 0.6) is 0 Å². The van der Waals surface area contributed by atoms with Gasteiger partial charge < -0.3 is 0 Å². The van der Waals surface area contributed by atoms with Crippen LogP contribution in [0.1, 0.15) is 5.56 Å². The van der Waals surface area contributed by atoms with Crippen LogP contribution in [0.2, 0.25) is 0 Å². The van der Waals surface area contributed by atoms with Crippen LogP contribution in [0.25, 0.3) is 6.08 Å². The number of rotatable bonds is 5. The molecule has 0 unspecified atom stereocenters. The summed E-state index contributed by atoms with van der Waals surface area (Å²) in [6, 6.07) is 6.31. The topological polar surface area (TPSA) is 92.3 Å². The lowest BCUT2D eigenvalue weighted by molar-refractivity contribution is 0.597. The highest BCUT2D eigenvalue weighted by Gasteiger charge is 2.02. The molecule has 0 atom stereocenters. The Balaban J connectivity index is 2.85. The van der Waals surface area contributed by atoms with Crippen molar-refractivity contribution in [3.8, 4) is 0 Å². The van der Waals surface area contributed by atoms with Crippen LogP contribution in [0.15, 0.2) is 29.7 Å². The maximum absolute atomic E-state index is 11.1. The first kappa shape index (κ1) is 14.7. The van der Waals surface area contributed by atoms with Gasteiger partial charge in [-0.1, -0.05) is 12.1 Å². The summed E-state index contributed by atoms with van der Waals surface area (Å²) in [6.45, 7) is 0. The zero-order valence-electron chi connectivity index (χ0n) is 9.91. The van der Waals surface area contributed by atoms with E-state index in [2.05, 4.69) is 9.44 Å². The summed E-state index contributed by atoms with van der Waals surface area (Å²) in [5.74, 6) is 0. The smallest absolute Gasteiger partial charge is 0.233 e. The molecule has 0 aliphatic carbocycles. The molecule has 0 heterocycles. The third-order valence-electron chi connectivity index (χ3n) is 1.94. The second-order valence-corrected chi connectivity index (χ2v) is 7.07. The SMILES string of the molecule is CNS(=O)(=O)/C=C/c1ccc(NS(C)(=O)=O)cc1. The van der Waals surface area contributed by atoms with Crippen LogP contribution in [0.3, 0.4) is 0 Å². The van der Waals surface area contributed by atoms with E-state index >= 15 is 0 Å². The third-order valence-corrected chi connectivity index (χ3v) is 3.61. The maximum Gasteiger partial charge on any atom is 0.233 e. The number of nitrogens with one attached hydrogen (secondary N) is 2. The van der Waals surface area contributed by atoms with E-state index in [1.165, 1.54) is 13.1 Å². The van der Waals surface area contributed by atoms with Gasteiger partial charge in [0.1, 0.15) is 0 Å². The molecule has 1 aromatic rings. The molecule has 0 bridgehead atoms. The molecule has 18 heavy (non-hydrogen) atoms. The molecule has 6 nitrogen and oxygen atoms in total. The van der Waals surface area contributed by atoms with Crippen molar-refractivity contribution in [3.05, 3.63) is 35.2 Å². The van der Waals surface area contributed by atoms with Crippen LogP contribution in [0.4, 0.5) is 5.69 Å². The Morgan fingerprint density at radius 1 is 1.06 bits per heavy atom. The van der Waals surface area contributed by atoms with Gasteiger partial charge in [-0.2, -0.15) is 0 Å². The minimum Gasteiger partial charge on any atom is -0.284 e. The summed E-state index contributed by atoms with van der Waals surface area (Å²) < 4.78 is 48.7. The van der Waals surface area contributed by atoms with E-state index in [9.17, 15) is 16.8 Å². The number of hydrogen-bond acceptors (Lipinski definition) is 4. The highest BCUT2D eigenvalue weighted by molar-refractivity contribution is 7.92. The highest BCUT2D eigenvalue weighted by Crippen LogP contribution is 2.12. The van der Waals surface area contributed by atoms with Crippen LogP contribution >= 0.6 is 0 Å². The molecule has 0 aliphatic heterocycles. The fraction of sp³-hybridized carbons (Fsp3) is 0.200. The molecule has 8 heteroatoms. The van der Waals surface area contributed by atoms with Gasteiger partial charge in [0, 0.05) is 11.1 Å². The van der Waals surface area contributed by atoms with Crippen molar-refractivity contribution in [1.29, 1.82) is 0 Å². The maximum atomic E-state index is 11.1. The van der Waals surface area contributed by atoms with Crippen molar-refractivity contribution in [1.82, 2.24) is 4.72 Å². The second kappa shape index (κ2) is 5.51. The lowest BCUT2D eigenvalue weighted by Gasteiger charge is -2.03. The zero-order valence-corrected chi connectivity index (χ0v) is 11.5. The van der Waals surface area contributed by atoms with Gasteiger partial charge in [-0.05, 0) is 30.8 Å². The average Bonchev–Trinajstić information content (AvgIpc) is 2.26. The van der Waals surface area contributed by atoms with E-state index in [-0.39, 0.29) is 0 Å². The normalized spacial score (nSPS) is 12.8. The molecule has 0 saturated carbocycles. The Morgan fingerprint density at radius 3 is 2.06 bits per heavy atom. The predicted molar refractivity (Wildman–Crippen MR) is 71.9 cm³/mol. The fourth-order valence-corrected chi connectivity index (χ4v) is 2.15. The first-order valence-electron chi connectivity index (χ1n) is 4.91. The van der Waals surface area contributed by atoms with Gasteiger partial charge in [-0.25, -0.2) is 21.6 Å². The third kappa shape index (κ3) is 5.30. The number of anilines is 1. The van der Waals surface area contributed by atoms with Crippen LogP contribution in [0, 0.1) is 0 Å². The van der Waals surface area contributed by atoms with E-state index < -0.39 is 20.0 Å². The number of hydrogen-bond donors (Lipinski definition) is 2. The Kier molecular flexibility index (Phi) is 4.49. The van der Waals surface area contributed by atoms with Crippen molar-refractivity contribution in [2.24, 2.45) is 0 Å². The minimum atomic E-state index is -3.40. The quantitative estimate of drug-likeness (QED) is 0.829. The summed E-state index contributed by atoms with van der Waals surface area (Å²) in [5, 5.41) is 1.03. The van der Waals surface area contributed by atoms with Crippen LogP contribution in [-0.4, -0.2) is 30.1 Å². The second-order valence-electron chi connectivity index (χ2n) is 3.55. The lowest BCUT2D eigenvalue weighted by Crippen LogP contribution is -2.14. The van der Waals surface area contributed by atoms with Crippen LogP contribution < -0.4 is 9.44 Å². The summed E-state index contributed by atoms with van der Waals surface area (Å²) in [6.07, 6.45) is 2.47. The van der Waals surface area contributed by atoms with Crippen LogP contribution in [-0.2, 0) is 20.0 Å². The molecule has 0 aliphatic rings. The molecule has 2 N–H and O–H groups in total. The standard InChI is InChI=1S/C10H14N2O4S2/c1-11-18(15,16)8-7-9-3-5-10(6-4-9)12-17(2,13)14/h3-8,11-12H,1-2H3/b8-7+. The molecular formula is C10H14N2O4S2. The van der Waals surface area contributed by atoms with Gasteiger partial charge in [0.2, 0.25) is 20.0 Å². The van der Waals surface area contributed by atoms with Crippen molar-refractivity contribution >= 4 is 31.8 Å². The molecule has 1 aromatic carbocycles. The molecule has 1 rings (SSSR count). The molecule has 0 spiro atoms. The summed E-state index contributed by atoms with van der Waals surface area (Å²) in [5.41, 5.74) is 1.07. The largest absolute Gasteiger partial charge is 0.284 e. The monoisotopic (exact) mass is 290 g/mol. The zero-order chi connectivity index (χ0) is 13.8. The molecular weight excluding hydrogens is 276 g/mol. The van der Waals surface area contributed by atoms with E-state index in [0.29, 0.717) is 11.3 Å². The van der Waals surface area contributed by atoms with Gasteiger partial charge in [0.15, 0.2) is 0 Å². The minimum absolute atomic E-state index is 0.422. The van der Waals surface area contributed by atoms with Crippen molar-refractivity contribution in [2.45, 2.75) is 0 Å². The molecule has 100 valence electrons. The molecule has 0 aromatic heterocycles. The predicted octanol–water partition coefficient (Wildman–Crippen LogP) is 0.578. The molecule has 0 saturated heterocycles. The van der Waals surface area contributed by atoms with Crippen molar-refractivity contribution < 1.29 is 16.8 Å². The Labute approximate surface area is 107 Å². The van der Waals surface area contributed by atoms with E-state index in [0.717, 1.165) is 11.7 Å². The molecule has 0 amide bonds. The Bertz CT molecular complexity index is 631. The van der Waals surface area contributed by atoms with Gasteiger partial charge in [-0.15, -0.1) is 0 Å². The Morgan fingerprint density at radius 2 is 1.61 bits per heavy atom. The molecule has 0 fully saturated rings. The summed E-state index contributed by atoms with van der Waals surface area (Å²) in [4.78, 5) is 0. The van der Waals surface area contributed by atoms with Gasteiger partial charge >= 0.3 is 0 Å². The van der Waals surface area contributed by atoms with Gasteiger partial charge in [0.05, 0.1) is 6.26 Å². The number of benzene rings is 1. The average molecular weight is 290 g/mol.